The molecule has 2 rings (SSSR count). The van der Waals surface area contributed by atoms with Gasteiger partial charge in [0.2, 0.25) is 0 Å². The molecular weight excluding hydrogens is 140 g/mol. The average Bonchev–Trinajstić information content (AvgIpc) is 2.50. The molecule has 0 amide bonds. The highest BCUT2D eigenvalue weighted by Gasteiger charge is 2.17. The Morgan fingerprint density at radius 3 is 3.45 bits per heavy atom. The van der Waals surface area contributed by atoms with Gasteiger partial charge in [0.05, 0.1) is 6.10 Å². The number of aromatic nitrogens is 2. The Morgan fingerprint density at radius 1 is 1.73 bits per heavy atom. The summed E-state index contributed by atoms with van der Waals surface area (Å²) >= 11 is 0. The minimum Gasteiger partial charge on any atom is -0.381 e. The van der Waals surface area contributed by atoms with Gasteiger partial charge in [0.1, 0.15) is 0 Å². The summed E-state index contributed by atoms with van der Waals surface area (Å²) < 4.78 is 7.33. The molecule has 1 aliphatic rings. The first-order valence-corrected chi connectivity index (χ1v) is 3.93. The molecular formula is C8H12N2O. The SMILES string of the molecule is COC1CCn2nccc2C1. The lowest BCUT2D eigenvalue weighted by molar-refractivity contribution is 0.0788. The summed E-state index contributed by atoms with van der Waals surface area (Å²) in [7, 11) is 1.77. The van der Waals surface area contributed by atoms with E-state index in [2.05, 4.69) is 15.8 Å². The van der Waals surface area contributed by atoms with E-state index in [1.165, 1.54) is 5.69 Å². The summed E-state index contributed by atoms with van der Waals surface area (Å²) in [6, 6.07) is 2.06. The maximum atomic E-state index is 5.28. The van der Waals surface area contributed by atoms with E-state index < -0.39 is 0 Å². The zero-order valence-electron chi connectivity index (χ0n) is 6.66. The lowest BCUT2D eigenvalue weighted by Gasteiger charge is -2.21. The fourth-order valence-electron chi connectivity index (χ4n) is 1.54. The van der Waals surface area contributed by atoms with Crippen molar-refractivity contribution in [2.24, 2.45) is 0 Å². The van der Waals surface area contributed by atoms with Gasteiger partial charge in [-0.25, -0.2) is 0 Å². The molecule has 60 valence electrons. The van der Waals surface area contributed by atoms with Crippen molar-refractivity contribution >= 4 is 0 Å². The van der Waals surface area contributed by atoms with Crippen molar-refractivity contribution in [2.45, 2.75) is 25.5 Å². The molecule has 0 spiro atoms. The second kappa shape index (κ2) is 2.66. The first-order chi connectivity index (χ1) is 5.40. The molecule has 11 heavy (non-hydrogen) atoms. The number of ether oxygens (including phenoxy) is 1. The largest absolute Gasteiger partial charge is 0.381 e. The van der Waals surface area contributed by atoms with Crippen LogP contribution in [0.2, 0.25) is 0 Å². The van der Waals surface area contributed by atoms with E-state index in [1.807, 2.05) is 6.20 Å². The summed E-state index contributed by atoms with van der Waals surface area (Å²) in [5.41, 5.74) is 1.29. The molecule has 2 heterocycles. The van der Waals surface area contributed by atoms with Crippen LogP contribution in [0.1, 0.15) is 12.1 Å². The minimum absolute atomic E-state index is 0.402. The molecule has 1 aliphatic heterocycles. The van der Waals surface area contributed by atoms with Gasteiger partial charge in [0.15, 0.2) is 0 Å². The zero-order chi connectivity index (χ0) is 7.68. The molecule has 1 unspecified atom stereocenters. The maximum Gasteiger partial charge on any atom is 0.0644 e. The van der Waals surface area contributed by atoms with E-state index in [-0.39, 0.29) is 0 Å². The van der Waals surface area contributed by atoms with Crippen LogP contribution in [-0.2, 0) is 17.7 Å². The van der Waals surface area contributed by atoms with Crippen LogP contribution in [0, 0.1) is 0 Å². The number of aryl methyl sites for hydroxylation is 1. The second-order valence-corrected chi connectivity index (χ2v) is 2.90. The molecule has 0 N–H and O–H groups in total. The summed E-state index contributed by atoms with van der Waals surface area (Å²) in [6.07, 6.45) is 4.36. The van der Waals surface area contributed by atoms with Crippen molar-refractivity contribution in [2.75, 3.05) is 7.11 Å². The first kappa shape index (κ1) is 6.85. The molecule has 0 radical (unpaired) electrons. The Morgan fingerprint density at radius 2 is 2.64 bits per heavy atom. The van der Waals surface area contributed by atoms with E-state index in [1.54, 1.807) is 7.11 Å². The lowest BCUT2D eigenvalue weighted by Crippen LogP contribution is -2.25. The van der Waals surface area contributed by atoms with Gasteiger partial charge < -0.3 is 4.74 Å². The van der Waals surface area contributed by atoms with E-state index in [9.17, 15) is 0 Å². The van der Waals surface area contributed by atoms with Crippen LogP contribution in [-0.4, -0.2) is 23.0 Å². The maximum absolute atomic E-state index is 5.28. The molecule has 0 bridgehead atoms. The van der Waals surface area contributed by atoms with Gasteiger partial charge in [-0.3, -0.25) is 4.68 Å². The van der Waals surface area contributed by atoms with Crippen molar-refractivity contribution < 1.29 is 4.74 Å². The molecule has 1 aromatic rings. The Balaban J connectivity index is 2.18. The summed E-state index contributed by atoms with van der Waals surface area (Å²) in [5, 5.41) is 4.19. The molecule has 0 aliphatic carbocycles. The average molecular weight is 152 g/mol. The molecule has 0 fully saturated rings. The van der Waals surface area contributed by atoms with Crippen LogP contribution in [0.25, 0.3) is 0 Å². The lowest BCUT2D eigenvalue weighted by atomic mass is 10.1. The third-order valence-corrected chi connectivity index (χ3v) is 2.24. The normalized spacial score (nSPS) is 23.2. The zero-order valence-corrected chi connectivity index (χ0v) is 6.66. The predicted molar refractivity (Wildman–Crippen MR) is 41.3 cm³/mol. The molecule has 0 saturated carbocycles. The third-order valence-electron chi connectivity index (χ3n) is 2.24. The molecule has 1 aromatic heterocycles. The van der Waals surface area contributed by atoms with Crippen molar-refractivity contribution in [3.63, 3.8) is 0 Å². The van der Waals surface area contributed by atoms with Gasteiger partial charge in [-0.05, 0) is 12.5 Å². The van der Waals surface area contributed by atoms with E-state index >= 15 is 0 Å². The number of fused-ring (bicyclic) bond motifs is 1. The van der Waals surface area contributed by atoms with Crippen LogP contribution in [0.4, 0.5) is 0 Å². The van der Waals surface area contributed by atoms with Crippen LogP contribution in [0.15, 0.2) is 12.3 Å². The fourth-order valence-corrected chi connectivity index (χ4v) is 1.54. The molecule has 3 nitrogen and oxygen atoms in total. The smallest absolute Gasteiger partial charge is 0.0644 e. The molecule has 0 aromatic carbocycles. The van der Waals surface area contributed by atoms with Crippen LogP contribution in [0.3, 0.4) is 0 Å². The Hall–Kier alpha value is -0.830. The van der Waals surface area contributed by atoms with Gasteiger partial charge in [0, 0.05) is 32.0 Å². The monoisotopic (exact) mass is 152 g/mol. The Labute approximate surface area is 66.0 Å². The topological polar surface area (TPSA) is 27.1 Å². The van der Waals surface area contributed by atoms with Gasteiger partial charge in [-0.15, -0.1) is 0 Å². The van der Waals surface area contributed by atoms with E-state index in [0.29, 0.717) is 6.10 Å². The fraction of sp³-hybridized carbons (Fsp3) is 0.625. The van der Waals surface area contributed by atoms with E-state index in [0.717, 1.165) is 19.4 Å². The second-order valence-electron chi connectivity index (χ2n) is 2.90. The summed E-state index contributed by atoms with van der Waals surface area (Å²) in [5.74, 6) is 0. The van der Waals surface area contributed by atoms with Gasteiger partial charge in [0.25, 0.3) is 0 Å². The highest BCUT2D eigenvalue weighted by Crippen LogP contribution is 2.15. The van der Waals surface area contributed by atoms with Crippen molar-refractivity contribution in [1.29, 1.82) is 0 Å². The van der Waals surface area contributed by atoms with Crippen LogP contribution < -0.4 is 0 Å². The van der Waals surface area contributed by atoms with Gasteiger partial charge >= 0.3 is 0 Å². The Bertz CT molecular complexity index is 244. The third kappa shape index (κ3) is 1.16. The molecule has 0 saturated heterocycles. The molecule has 3 heteroatoms. The number of nitrogens with zero attached hydrogens (tertiary/aromatic N) is 2. The number of rotatable bonds is 1. The quantitative estimate of drug-likeness (QED) is 0.596. The van der Waals surface area contributed by atoms with Gasteiger partial charge in [-0.1, -0.05) is 0 Å². The highest BCUT2D eigenvalue weighted by atomic mass is 16.5. The summed E-state index contributed by atoms with van der Waals surface area (Å²) in [4.78, 5) is 0. The van der Waals surface area contributed by atoms with Crippen molar-refractivity contribution in [1.82, 2.24) is 9.78 Å². The highest BCUT2D eigenvalue weighted by molar-refractivity contribution is 5.04. The standard InChI is InChI=1S/C8H12N2O/c1-11-8-3-5-10-7(6-8)2-4-9-10/h2,4,8H,3,5-6H2,1H3. The van der Waals surface area contributed by atoms with Gasteiger partial charge in [-0.2, -0.15) is 5.10 Å². The Kier molecular flexibility index (Phi) is 1.66. The van der Waals surface area contributed by atoms with Crippen LogP contribution >= 0.6 is 0 Å². The number of hydrogen-bond acceptors (Lipinski definition) is 2. The predicted octanol–water partition coefficient (Wildman–Crippen LogP) is 0.844. The van der Waals surface area contributed by atoms with Crippen LogP contribution in [0.5, 0.6) is 0 Å². The van der Waals surface area contributed by atoms with E-state index in [4.69, 9.17) is 4.74 Å². The number of methoxy groups -OCH3 is 1. The molecule has 1 atom stereocenters. The number of hydrogen-bond donors (Lipinski definition) is 0. The minimum atomic E-state index is 0.402. The summed E-state index contributed by atoms with van der Waals surface area (Å²) in [6.45, 7) is 1.00. The van der Waals surface area contributed by atoms with Crippen molar-refractivity contribution in [3.05, 3.63) is 18.0 Å². The van der Waals surface area contributed by atoms with Crippen molar-refractivity contribution in [3.8, 4) is 0 Å². The first-order valence-electron chi connectivity index (χ1n) is 3.93.